The molecular formula is C37H57FN6O4. The van der Waals surface area contributed by atoms with E-state index in [9.17, 15) is 19.5 Å². The van der Waals surface area contributed by atoms with Crippen LogP contribution < -0.4 is 16.0 Å². The van der Waals surface area contributed by atoms with E-state index in [0.717, 1.165) is 70.9 Å². The van der Waals surface area contributed by atoms with Gasteiger partial charge in [0.15, 0.2) is 0 Å². The smallest absolute Gasteiger partial charge is 0.270 e. The van der Waals surface area contributed by atoms with E-state index in [1.54, 1.807) is 29.9 Å². The fourth-order valence-electron chi connectivity index (χ4n) is 6.92. The Hall–Kier alpha value is -3.31. The Balaban J connectivity index is 1.48. The summed E-state index contributed by atoms with van der Waals surface area (Å²) >= 11 is 0. The van der Waals surface area contributed by atoms with Crippen molar-refractivity contribution in [2.45, 2.75) is 136 Å². The zero-order valence-corrected chi connectivity index (χ0v) is 29.5. The van der Waals surface area contributed by atoms with Gasteiger partial charge >= 0.3 is 0 Å². The number of nitrogens with zero attached hydrogens (tertiary/aromatic N) is 3. The second-order valence-electron chi connectivity index (χ2n) is 14.2. The Kier molecular flexibility index (Phi) is 14.0. The third-order valence-electron chi connectivity index (χ3n) is 10.6. The lowest BCUT2D eigenvalue weighted by Crippen LogP contribution is -2.55. The molecule has 4 N–H and O–H groups in total. The summed E-state index contributed by atoms with van der Waals surface area (Å²) in [7, 11) is 0. The molecule has 4 rings (SSSR count). The molecule has 2 heterocycles. The maximum atomic E-state index is 15.7. The molecule has 10 nitrogen and oxygen atoms in total. The third-order valence-corrected chi connectivity index (χ3v) is 10.6. The molecule has 2 fully saturated rings. The molecule has 1 saturated heterocycles. The van der Waals surface area contributed by atoms with E-state index in [2.05, 4.69) is 41.8 Å². The molecule has 5 atom stereocenters. The average molecular weight is 669 g/mol. The molecule has 2 aromatic rings. The number of hydrogen-bond donors (Lipinski definition) is 4. The predicted molar refractivity (Wildman–Crippen MR) is 186 cm³/mol. The van der Waals surface area contributed by atoms with E-state index in [-0.39, 0.29) is 30.0 Å². The van der Waals surface area contributed by atoms with Crippen LogP contribution >= 0.6 is 0 Å². The first-order valence-corrected chi connectivity index (χ1v) is 18.2. The van der Waals surface area contributed by atoms with Gasteiger partial charge in [-0.3, -0.25) is 24.0 Å². The van der Waals surface area contributed by atoms with Gasteiger partial charge < -0.3 is 21.1 Å². The van der Waals surface area contributed by atoms with Crippen LogP contribution in [0.1, 0.15) is 133 Å². The summed E-state index contributed by atoms with van der Waals surface area (Å²) in [4.78, 5) is 41.5. The normalized spacial score (nSPS) is 19.3. The highest BCUT2D eigenvalue weighted by molar-refractivity contribution is 6.00. The topological polar surface area (TPSA) is 129 Å². The molecule has 2 aliphatic rings. The zero-order valence-electron chi connectivity index (χ0n) is 29.5. The quantitative estimate of drug-likeness (QED) is 0.170. The lowest BCUT2D eigenvalue weighted by molar-refractivity contribution is -0.125. The van der Waals surface area contributed by atoms with E-state index in [1.807, 2.05) is 11.8 Å². The number of likely N-dealkylation sites (tertiary alicyclic amines) is 1. The van der Waals surface area contributed by atoms with Crippen molar-refractivity contribution in [3.8, 4) is 0 Å². The fraction of sp³-hybridized carbons (Fsp3) is 0.676. The maximum absolute atomic E-state index is 15.7. The van der Waals surface area contributed by atoms with Crippen molar-refractivity contribution in [3.63, 3.8) is 0 Å². The van der Waals surface area contributed by atoms with Crippen LogP contribution in [0, 0.1) is 17.7 Å². The molecule has 1 unspecified atom stereocenters. The van der Waals surface area contributed by atoms with Gasteiger partial charge in [-0.15, -0.1) is 0 Å². The number of aliphatic hydroxyl groups is 1. The van der Waals surface area contributed by atoms with E-state index in [1.165, 1.54) is 12.1 Å². The molecule has 1 aliphatic carbocycles. The van der Waals surface area contributed by atoms with Gasteiger partial charge in [0.05, 0.1) is 17.8 Å². The molecule has 0 bridgehead atoms. The summed E-state index contributed by atoms with van der Waals surface area (Å²) in [6.07, 6.45) is 10.1. The molecule has 1 aromatic carbocycles. The first-order valence-electron chi connectivity index (χ1n) is 18.2. The Bertz CT molecular complexity index is 1350. The van der Waals surface area contributed by atoms with Gasteiger partial charge in [0.25, 0.3) is 5.91 Å². The van der Waals surface area contributed by atoms with Crippen LogP contribution in [0.25, 0.3) is 0 Å². The van der Waals surface area contributed by atoms with Gasteiger partial charge in [-0.2, -0.15) is 5.10 Å². The van der Waals surface area contributed by atoms with Gasteiger partial charge in [-0.25, -0.2) is 4.39 Å². The van der Waals surface area contributed by atoms with Gasteiger partial charge in [0.1, 0.15) is 23.8 Å². The molecule has 3 amide bonds. The number of rotatable bonds is 16. The second-order valence-corrected chi connectivity index (χ2v) is 14.2. The number of benzene rings is 1. The van der Waals surface area contributed by atoms with Gasteiger partial charge in [-0.1, -0.05) is 72.8 Å². The number of nitrogens with one attached hydrogen (secondary N) is 3. The van der Waals surface area contributed by atoms with E-state index in [4.69, 9.17) is 0 Å². The standard InChI is InChI=1S/C37H57FN6O4/c1-6-24(3)11-10-14-31(41-36(47)32-17-20-39-44(32)28-12-8-9-13-28)35(46)40-30-16-15-27(23-29(30)38)26(5)34(42-33(45)7-2)37(48)43-21-18-25(4)19-22-43/h15-17,20,23-26,28,31,34,37,48H,6-14,18-19,21-22H2,1-5H3,(H,40,46)(H,41,47)(H,42,45)/t24-,26+,31+,34-,37?/m1/s1. The SMILES string of the molecule is CCC(=O)N[C@@H](C(O)N1CCC(C)CC1)[C@@H](C)c1ccc(NC(=O)[C@H](CCC[C@H](C)CC)NC(=O)c2ccnn2C2CCCC2)c(F)c1. The van der Waals surface area contributed by atoms with Crippen molar-refractivity contribution in [2.75, 3.05) is 18.4 Å². The van der Waals surface area contributed by atoms with E-state index >= 15 is 4.39 Å². The lowest BCUT2D eigenvalue weighted by atomic mass is 9.90. The summed E-state index contributed by atoms with van der Waals surface area (Å²) in [6, 6.07) is 4.94. The number of carbonyl (C=O) groups is 3. The number of carbonyl (C=O) groups excluding carboxylic acids is 3. The summed E-state index contributed by atoms with van der Waals surface area (Å²) in [5, 5.41) is 24.4. The Morgan fingerprint density at radius 2 is 1.73 bits per heavy atom. The second kappa shape index (κ2) is 17.9. The highest BCUT2D eigenvalue weighted by atomic mass is 19.1. The summed E-state index contributed by atoms with van der Waals surface area (Å²) < 4.78 is 17.4. The molecule has 48 heavy (non-hydrogen) atoms. The maximum Gasteiger partial charge on any atom is 0.270 e. The van der Waals surface area contributed by atoms with Gasteiger partial charge in [0, 0.05) is 31.6 Å². The van der Waals surface area contributed by atoms with Crippen molar-refractivity contribution in [3.05, 3.63) is 47.5 Å². The molecule has 0 radical (unpaired) electrons. The minimum absolute atomic E-state index is 0.00725. The predicted octanol–water partition coefficient (Wildman–Crippen LogP) is 6.14. The molecule has 1 aromatic heterocycles. The first-order chi connectivity index (χ1) is 23.0. The molecule has 0 spiro atoms. The van der Waals surface area contributed by atoms with Gasteiger partial charge in [-0.05, 0) is 67.7 Å². The third kappa shape index (κ3) is 9.87. The monoisotopic (exact) mass is 668 g/mol. The van der Waals surface area contributed by atoms with Crippen molar-refractivity contribution < 1.29 is 23.9 Å². The van der Waals surface area contributed by atoms with E-state index in [0.29, 0.717) is 29.5 Å². The Morgan fingerprint density at radius 1 is 1.02 bits per heavy atom. The number of piperidine rings is 1. The molecule has 11 heteroatoms. The number of amides is 3. The molecule has 1 aliphatic heterocycles. The number of hydrogen-bond acceptors (Lipinski definition) is 6. The van der Waals surface area contributed by atoms with Crippen molar-refractivity contribution in [2.24, 2.45) is 11.8 Å². The Labute approximate surface area is 285 Å². The van der Waals surface area contributed by atoms with Crippen molar-refractivity contribution in [1.82, 2.24) is 25.3 Å². The number of halogens is 1. The van der Waals surface area contributed by atoms with Gasteiger partial charge in [0.2, 0.25) is 11.8 Å². The van der Waals surface area contributed by atoms with Crippen LogP contribution in [0.4, 0.5) is 10.1 Å². The molecule has 266 valence electrons. The van der Waals surface area contributed by atoms with Crippen molar-refractivity contribution >= 4 is 23.4 Å². The van der Waals surface area contributed by atoms with E-state index < -0.39 is 36.0 Å². The number of aromatic nitrogens is 2. The Morgan fingerprint density at radius 3 is 2.38 bits per heavy atom. The summed E-state index contributed by atoms with van der Waals surface area (Å²) in [5.74, 6) is -1.00. The molecule has 1 saturated carbocycles. The fourth-order valence-corrected chi connectivity index (χ4v) is 6.92. The van der Waals surface area contributed by atoms with Crippen LogP contribution in [0.3, 0.4) is 0 Å². The van der Waals surface area contributed by atoms with Crippen LogP contribution in [-0.4, -0.2) is 68.9 Å². The van der Waals surface area contributed by atoms with Crippen LogP contribution in [0.15, 0.2) is 30.5 Å². The largest absolute Gasteiger partial charge is 0.376 e. The number of anilines is 1. The van der Waals surface area contributed by atoms with Crippen molar-refractivity contribution in [1.29, 1.82) is 0 Å². The average Bonchev–Trinajstić information content (AvgIpc) is 3.80. The molecular weight excluding hydrogens is 611 g/mol. The first kappa shape index (κ1) is 37.5. The van der Waals surface area contributed by atoms with Crippen LogP contribution in [-0.2, 0) is 9.59 Å². The number of aliphatic hydroxyl groups excluding tert-OH is 1. The highest BCUT2D eigenvalue weighted by Crippen LogP contribution is 2.31. The van der Waals surface area contributed by atoms with Crippen LogP contribution in [0.5, 0.6) is 0 Å². The summed E-state index contributed by atoms with van der Waals surface area (Å²) in [6.45, 7) is 11.6. The minimum atomic E-state index is -0.921. The minimum Gasteiger partial charge on any atom is -0.376 e. The lowest BCUT2D eigenvalue weighted by Gasteiger charge is -2.40. The zero-order chi connectivity index (χ0) is 34.8. The van der Waals surface area contributed by atoms with Crippen LogP contribution in [0.2, 0.25) is 0 Å². The highest BCUT2D eigenvalue weighted by Gasteiger charge is 2.34. The summed E-state index contributed by atoms with van der Waals surface area (Å²) in [5.41, 5.74) is 1.03.